The lowest BCUT2D eigenvalue weighted by Gasteiger charge is -2.20. The maximum absolute atomic E-state index is 12.3. The van der Waals surface area contributed by atoms with Gasteiger partial charge in [-0.05, 0) is 150 Å². The monoisotopic (exact) mass is 806 g/mol. The summed E-state index contributed by atoms with van der Waals surface area (Å²) < 4.78 is 23.5. The number of benzene rings is 10. The summed E-state index contributed by atoms with van der Waals surface area (Å²) in [4.78, 5) is 24.6. The number of fused-ring (bicyclic) bond motifs is 4. The Morgan fingerprint density at radius 3 is 1.06 bits per heavy atom. The molecule has 0 fully saturated rings. The van der Waals surface area contributed by atoms with Crippen LogP contribution in [0.5, 0.6) is 23.0 Å². The van der Waals surface area contributed by atoms with Gasteiger partial charge in [-0.1, -0.05) is 109 Å². The van der Waals surface area contributed by atoms with Crippen LogP contribution in [0.3, 0.4) is 0 Å². The summed E-state index contributed by atoms with van der Waals surface area (Å²) in [5.74, 6) is 1.43. The summed E-state index contributed by atoms with van der Waals surface area (Å²) in [7, 11) is 2.73. The van der Waals surface area contributed by atoms with Crippen LogP contribution in [0.4, 0.5) is 0 Å². The van der Waals surface area contributed by atoms with Gasteiger partial charge in [-0.3, -0.25) is 0 Å². The van der Waals surface area contributed by atoms with E-state index in [9.17, 15) is 9.59 Å². The molecule has 0 atom stereocenters. The molecular formula is C56H38O6. The maximum Gasteiger partial charge on any atom is 0.337 e. The molecule has 0 saturated heterocycles. The van der Waals surface area contributed by atoms with Crippen molar-refractivity contribution in [2.75, 3.05) is 14.2 Å². The minimum atomic E-state index is -0.426. The number of hydrogen-bond acceptors (Lipinski definition) is 6. The fourth-order valence-corrected chi connectivity index (χ4v) is 8.21. The number of ether oxygens (including phenoxy) is 4. The number of hydrogen-bond donors (Lipinski definition) is 0. The van der Waals surface area contributed by atoms with Crippen molar-refractivity contribution in [3.8, 4) is 56.4 Å². The summed E-state index contributed by atoms with van der Waals surface area (Å²) in [6, 6.07) is 64.9. The molecule has 0 N–H and O–H groups in total. The normalized spacial score (nSPS) is 11.2. The Balaban J connectivity index is 1.18. The van der Waals surface area contributed by atoms with Gasteiger partial charge < -0.3 is 18.9 Å². The summed E-state index contributed by atoms with van der Waals surface area (Å²) in [6.45, 7) is 0. The van der Waals surface area contributed by atoms with Crippen molar-refractivity contribution in [2.24, 2.45) is 0 Å². The Morgan fingerprint density at radius 1 is 0.339 bits per heavy atom. The number of carbonyl (C=O) groups is 2. The highest BCUT2D eigenvalue weighted by Crippen LogP contribution is 2.49. The van der Waals surface area contributed by atoms with Gasteiger partial charge >= 0.3 is 11.9 Å². The van der Waals surface area contributed by atoms with Crippen molar-refractivity contribution >= 4 is 55.0 Å². The number of methoxy groups -OCH3 is 2. The molecule has 0 amide bonds. The predicted octanol–water partition coefficient (Wildman–Crippen LogP) is 14.5. The van der Waals surface area contributed by atoms with Crippen LogP contribution in [0.2, 0.25) is 0 Å². The molecular weight excluding hydrogens is 769 g/mol. The van der Waals surface area contributed by atoms with Crippen LogP contribution in [0.15, 0.2) is 194 Å². The topological polar surface area (TPSA) is 71.1 Å². The second-order valence-electron chi connectivity index (χ2n) is 15.1. The predicted molar refractivity (Wildman–Crippen MR) is 248 cm³/mol. The number of carbonyl (C=O) groups excluding carboxylic acids is 2. The van der Waals surface area contributed by atoms with Crippen LogP contribution in [0, 0.1) is 0 Å². The van der Waals surface area contributed by atoms with E-state index in [0.717, 1.165) is 54.9 Å². The SMILES string of the molecule is COC(=O)c1ccc(Oc2ccc3cc(-c4ccc5ccccc5c4)ccc3c2-c2c(Oc3ccc(C(=O)OC)cc3)ccc3cc(-c4ccc5ccccc5c4)ccc23)cc1. The zero-order valence-corrected chi connectivity index (χ0v) is 33.9. The first-order valence-electron chi connectivity index (χ1n) is 20.3. The second-order valence-corrected chi connectivity index (χ2v) is 15.1. The Kier molecular flexibility index (Phi) is 9.87. The van der Waals surface area contributed by atoms with E-state index in [-0.39, 0.29) is 0 Å². The van der Waals surface area contributed by atoms with Crippen molar-refractivity contribution in [3.63, 3.8) is 0 Å². The van der Waals surface area contributed by atoms with Gasteiger partial charge in [-0.2, -0.15) is 0 Å². The zero-order valence-electron chi connectivity index (χ0n) is 33.9. The third-order valence-corrected chi connectivity index (χ3v) is 11.4. The maximum atomic E-state index is 12.3. The fourth-order valence-electron chi connectivity index (χ4n) is 8.21. The minimum Gasteiger partial charge on any atom is -0.465 e. The molecule has 10 aromatic rings. The molecule has 0 radical (unpaired) electrons. The van der Waals surface area contributed by atoms with E-state index in [4.69, 9.17) is 18.9 Å². The van der Waals surface area contributed by atoms with E-state index in [1.807, 2.05) is 12.1 Å². The lowest BCUT2D eigenvalue weighted by atomic mass is 9.89. The van der Waals surface area contributed by atoms with Crippen molar-refractivity contribution < 1.29 is 28.5 Å². The highest BCUT2D eigenvalue weighted by Gasteiger charge is 2.22. The molecule has 0 bridgehead atoms. The van der Waals surface area contributed by atoms with Crippen LogP contribution >= 0.6 is 0 Å². The van der Waals surface area contributed by atoms with Gasteiger partial charge in [0.05, 0.1) is 25.3 Å². The van der Waals surface area contributed by atoms with E-state index >= 15 is 0 Å². The molecule has 0 unspecified atom stereocenters. The Hall–Kier alpha value is -8.22. The van der Waals surface area contributed by atoms with E-state index in [2.05, 4.69) is 133 Å². The highest BCUT2D eigenvalue weighted by molar-refractivity contribution is 6.11. The van der Waals surface area contributed by atoms with E-state index in [0.29, 0.717) is 34.1 Å². The standard InChI is InChI=1S/C56H38O6/c1-59-55(57)37-15-23-47(24-16-37)61-51-29-21-45-33-43(41-13-11-35-7-3-5-9-39(35)31-41)19-27-49(45)53(51)54-50-28-20-44(42-14-12-36-8-4-6-10-40(36)32-42)34-46(50)22-30-52(54)62-48-25-17-38(18-26-48)56(58)60-2/h3-34H,1-2H3. The first kappa shape index (κ1) is 38.0. The lowest BCUT2D eigenvalue weighted by Crippen LogP contribution is -2.01. The fraction of sp³-hybridized carbons (Fsp3) is 0.0357. The molecule has 0 aliphatic heterocycles. The molecule has 0 aliphatic carbocycles. The Labute approximate surface area is 358 Å². The lowest BCUT2D eigenvalue weighted by molar-refractivity contribution is 0.0592. The first-order chi connectivity index (χ1) is 30.4. The smallest absolute Gasteiger partial charge is 0.337 e. The van der Waals surface area contributed by atoms with Gasteiger partial charge in [0.25, 0.3) is 0 Å². The summed E-state index contributed by atoms with van der Waals surface area (Å²) >= 11 is 0. The van der Waals surface area contributed by atoms with Crippen LogP contribution in [0.25, 0.3) is 76.5 Å². The Bertz CT molecular complexity index is 3120. The van der Waals surface area contributed by atoms with Gasteiger partial charge in [-0.25, -0.2) is 9.59 Å². The molecule has 0 aliphatic rings. The molecule has 62 heavy (non-hydrogen) atoms. The van der Waals surface area contributed by atoms with Gasteiger partial charge in [0, 0.05) is 11.1 Å². The van der Waals surface area contributed by atoms with Crippen molar-refractivity contribution in [1.82, 2.24) is 0 Å². The van der Waals surface area contributed by atoms with Crippen molar-refractivity contribution in [2.45, 2.75) is 0 Å². The molecule has 6 nitrogen and oxygen atoms in total. The molecule has 0 saturated carbocycles. The molecule has 6 heteroatoms. The molecule has 10 rings (SSSR count). The van der Waals surface area contributed by atoms with E-state index < -0.39 is 11.9 Å². The molecule has 0 spiro atoms. The number of rotatable bonds is 9. The van der Waals surface area contributed by atoms with Gasteiger partial charge in [-0.15, -0.1) is 0 Å². The van der Waals surface area contributed by atoms with Gasteiger partial charge in [0.1, 0.15) is 23.0 Å². The quantitative estimate of drug-likeness (QED) is 0.135. The van der Waals surface area contributed by atoms with Crippen LogP contribution in [-0.2, 0) is 9.47 Å². The molecule has 0 heterocycles. The third kappa shape index (κ3) is 7.24. The highest BCUT2D eigenvalue weighted by atomic mass is 16.5. The average Bonchev–Trinajstić information content (AvgIpc) is 3.33. The summed E-state index contributed by atoms with van der Waals surface area (Å²) in [5, 5.41) is 8.65. The third-order valence-electron chi connectivity index (χ3n) is 11.4. The van der Waals surface area contributed by atoms with Crippen LogP contribution < -0.4 is 9.47 Å². The van der Waals surface area contributed by atoms with Crippen molar-refractivity contribution in [3.05, 3.63) is 205 Å². The molecule has 10 aromatic carbocycles. The van der Waals surface area contributed by atoms with Crippen LogP contribution in [-0.4, -0.2) is 26.2 Å². The zero-order chi connectivity index (χ0) is 42.2. The van der Waals surface area contributed by atoms with Gasteiger partial charge in [0.2, 0.25) is 0 Å². The molecule has 0 aromatic heterocycles. The van der Waals surface area contributed by atoms with Crippen LogP contribution in [0.1, 0.15) is 20.7 Å². The first-order valence-corrected chi connectivity index (χ1v) is 20.3. The minimum absolute atomic E-state index is 0.421. The van der Waals surface area contributed by atoms with Gasteiger partial charge in [0.15, 0.2) is 0 Å². The van der Waals surface area contributed by atoms with Crippen molar-refractivity contribution in [1.29, 1.82) is 0 Å². The number of esters is 2. The summed E-state index contributed by atoms with van der Waals surface area (Å²) in [6.07, 6.45) is 0. The molecule has 298 valence electrons. The second kappa shape index (κ2) is 16.1. The Morgan fingerprint density at radius 2 is 0.677 bits per heavy atom. The largest absolute Gasteiger partial charge is 0.465 e. The average molecular weight is 807 g/mol. The summed E-state index contributed by atoms with van der Waals surface area (Å²) in [5.41, 5.74) is 6.90. The van der Waals surface area contributed by atoms with E-state index in [1.165, 1.54) is 35.8 Å². The van der Waals surface area contributed by atoms with E-state index in [1.54, 1.807) is 48.5 Å².